The number of benzene rings is 4. The van der Waals surface area contributed by atoms with Gasteiger partial charge in [-0.3, -0.25) is 9.59 Å². The number of ether oxygens (including phenoxy) is 2. The molecule has 4 amide bonds. The minimum Gasteiger partial charge on any atom is -0.453 e. The van der Waals surface area contributed by atoms with Crippen LogP contribution in [0.5, 0.6) is 0 Å². The number of aromatic amines is 2. The summed E-state index contributed by atoms with van der Waals surface area (Å²) in [6.07, 6.45) is 6.67. The second-order valence-corrected chi connectivity index (χ2v) is 20.0. The Morgan fingerprint density at radius 1 is 0.623 bits per heavy atom. The maximum Gasteiger partial charge on any atom is 0.407 e. The Hall–Kier alpha value is -6.70. The number of alkyl carbamates (subject to hydrolysis) is 2. The van der Waals surface area contributed by atoms with E-state index in [1.54, 1.807) is 0 Å². The van der Waals surface area contributed by atoms with E-state index in [2.05, 4.69) is 100 Å². The van der Waals surface area contributed by atoms with E-state index in [0.29, 0.717) is 13.1 Å². The molecule has 4 N–H and O–H groups in total. The number of likely N-dealkylation sites (tertiary alicyclic amines) is 2. The van der Waals surface area contributed by atoms with E-state index < -0.39 is 24.3 Å². The van der Waals surface area contributed by atoms with Gasteiger partial charge in [-0.1, -0.05) is 83.1 Å². The van der Waals surface area contributed by atoms with E-state index in [-0.39, 0.29) is 41.7 Å². The Bertz CT molecular complexity index is 2880. The van der Waals surface area contributed by atoms with E-state index in [0.717, 1.165) is 103 Å². The maximum absolute atomic E-state index is 14.0. The number of piperidine rings is 2. The van der Waals surface area contributed by atoms with Gasteiger partial charge in [-0.15, -0.1) is 0 Å². The number of hydrogen-bond donors (Lipinski definition) is 4. The van der Waals surface area contributed by atoms with Crippen molar-refractivity contribution in [2.45, 2.75) is 122 Å². The van der Waals surface area contributed by atoms with Crippen LogP contribution in [0.4, 0.5) is 9.59 Å². The van der Waals surface area contributed by atoms with Crippen LogP contribution in [0.2, 0.25) is 0 Å². The Morgan fingerprint density at radius 3 is 1.64 bits per heavy atom. The predicted molar refractivity (Wildman–Crippen MR) is 268 cm³/mol. The topological polar surface area (TPSA) is 175 Å². The van der Waals surface area contributed by atoms with Gasteiger partial charge in [0.25, 0.3) is 0 Å². The van der Waals surface area contributed by atoms with Crippen LogP contribution >= 0.6 is 0 Å². The fraction of sp³-hybridized carbons (Fsp3) is 0.455. The average Bonchev–Trinajstić information content (AvgIpc) is 4.00. The van der Waals surface area contributed by atoms with Crippen LogP contribution in [0.1, 0.15) is 125 Å². The lowest BCUT2D eigenvalue weighted by molar-refractivity contribution is -0.139. The summed E-state index contributed by atoms with van der Waals surface area (Å²) in [5.74, 6) is 1.29. The number of hydrogen-bond acceptors (Lipinski definition) is 8. The van der Waals surface area contributed by atoms with E-state index in [4.69, 9.17) is 19.4 Å². The molecule has 6 aliphatic rings. The van der Waals surface area contributed by atoms with E-state index >= 15 is 0 Å². The first kappa shape index (κ1) is 47.4. The minimum absolute atomic E-state index is 0.114. The number of nitrogens with zero attached hydrogens (tertiary/aromatic N) is 4. The smallest absolute Gasteiger partial charge is 0.407 e. The normalized spacial score (nSPS) is 19.3. The van der Waals surface area contributed by atoms with Gasteiger partial charge in [-0.05, 0) is 144 Å². The van der Waals surface area contributed by atoms with Gasteiger partial charge < -0.3 is 39.9 Å². The van der Waals surface area contributed by atoms with Crippen molar-refractivity contribution in [2.75, 3.05) is 27.3 Å². The molecule has 4 aliphatic carbocycles. The van der Waals surface area contributed by atoms with Crippen LogP contribution in [0, 0.1) is 11.8 Å². The number of carbonyl (C=O) groups excluding carboxylic acids is 4. The van der Waals surface area contributed by atoms with Gasteiger partial charge in [0.2, 0.25) is 11.8 Å². The largest absolute Gasteiger partial charge is 0.453 e. The highest BCUT2D eigenvalue weighted by atomic mass is 16.5. The Kier molecular flexibility index (Phi) is 13.8. The zero-order valence-corrected chi connectivity index (χ0v) is 41.0. The lowest BCUT2D eigenvalue weighted by atomic mass is 9.84. The summed E-state index contributed by atoms with van der Waals surface area (Å²) < 4.78 is 9.70. The molecule has 0 saturated carbocycles. The molecule has 12 rings (SSSR count). The number of amides is 4. The van der Waals surface area contributed by atoms with Gasteiger partial charge in [0.15, 0.2) is 0 Å². The Morgan fingerprint density at radius 2 is 1.13 bits per heavy atom. The fourth-order valence-corrected chi connectivity index (χ4v) is 10.8. The summed E-state index contributed by atoms with van der Waals surface area (Å²) in [4.78, 5) is 73.5. The van der Waals surface area contributed by atoms with Crippen molar-refractivity contribution >= 4 is 46.1 Å². The lowest BCUT2D eigenvalue weighted by Crippen LogP contribution is -2.53. The SMILES string of the molecule is COC(=O)NC(C(=O)N1CCCC[C@H]1c1nc2ccc(-c3cc4ccc3CCc3ccc(c(-c5ccc6nc([C@@H]7CCCCN7C(=O)C(NC(=O)OC)C(C)C)[nH]c6c5)c3)C[C@H]4C)cc2[nH]1)C(C)C. The van der Waals surface area contributed by atoms with Gasteiger partial charge >= 0.3 is 12.2 Å². The highest BCUT2D eigenvalue weighted by Crippen LogP contribution is 2.39. The molecule has 69 heavy (non-hydrogen) atoms. The minimum atomic E-state index is -0.699. The number of rotatable bonds is 10. The highest BCUT2D eigenvalue weighted by molar-refractivity contribution is 5.88. The van der Waals surface area contributed by atoms with Gasteiger partial charge in [0.1, 0.15) is 23.7 Å². The quantitative estimate of drug-likeness (QED) is 0.105. The molecule has 14 nitrogen and oxygen atoms in total. The Balaban J connectivity index is 0.967. The molecule has 2 unspecified atom stereocenters. The van der Waals surface area contributed by atoms with E-state index in [1.807, 2.05) is 37.5 Å². The molecule has 362 valence electrons. The molecule has 4 bridgehead atoms. The molecule has 2 fully saturated rings. The highest BCUT2D eigenvalue weighted by Gasteiger charge is 2.38. The van der Waals surface area contributed by atoms with Gasteiger partial charge in [0, 0.05) is 13.1 Å². The standard InChI is InChI=1S/C55H66N8O6/c1-31(2)48(60-54(66)68-6)52(64)62-24-10-8-12-46(62)50-56-42-22-20-38(29-44(42)58-50)40-27-34-14-16-35-18-19-36(33(5)26-37(40)17-15-34)28-41(35)39-21-23-43-45(30-39)59-51(57-43)47-13-9-11-25-63(47)53(65)49(32(3)4)61-55(67)69-7/h15,17-23,27-33,46-49H,8-14,16,24-26H2,1-7H3,(H,56,58)(H,57,59)(H,60,66)(H,61,67)/t33-,46+,47+,48?,49?/m1/s1. The first-order valence-electron chi connectivity index (χ1n) is 24.8. The van der Waals surface area contributed by atoms with Crippen molar-refractivity contribution in [3.05, 3.63) is 107 Å². The lowest BCUT2D eigenvalue weighted by Gasteiger charge is -2.37. The summed E-state index contributed by atoms with van der Waals surface area (Å²) in [5, 5.41) is 5.53. The maximum atomic E-state index is 14.0. The Labute approximate surface area is 404 Å². The first-order valence-corrected chi connectivity index (χ1v) is 24.8. The molecule has 2 saturated heterocycles. The number of imidazole rings is 2. The molecule has 4 aromatic carbocycles. The molecule has 4 heterocycles. The molecule has 5 atom stereocenters. The zero-order chi connectivity index (χ0) is 48.5. The number of carbonyl (C=O) groups is 4. The fourth-order valence-electron chi connectivity index (χ4n) is 10.8. The third kappa shape index (κ3) is 9.80. The van der Waals surface area contributed by atoms with Crippen molar-refractivity contribution in [1.82, 2.24) is 40.4 Å². The summed E-state index contributed by atoms with van der Waals surface area (Å²) in [7, 11) is 2.62. The van der Waals surface area contributed by atoms with E-state index in [1.165, 1.54) is 47.6 Å². The average molecular weight is 935 g/mol. The zero-order valence-electron chi connectivity index (χ0n) is 41.0. The third-order valence-corrected chi connectivity index (χ3v) is 14.7. The summed E-state index contributed by atoms with van der Waals surface area (Å²) in [6, 6.07) is 25.0. The summed E-state index contributed by atoms with van der Waals surface area (Å²) >= 11 is 0. The molecule has 14 heteroatoms. The van der Waals surface area contributed by atoms with Crippen molar-refractivity contribution in [3.63, 3.8) is 0 Å². The predicted octanol–water partition coefficient (Wildman–Crippen LogP) is 10.1. The second-order valence-electron chi connectivity index (χ2n) is 20.0. The van der Waals surface area contributed by atoms with Crippen LogP contribution in [-0.2, 0) is 38.3 Å². The van der Waals surface area contributed by atoms with Crippen LogP contribution in [0.15, 0.2) is 72.8 Å². The monoisotopic (exact) mass is 935 g/mol. The third-order valence-electron chi connectivity index (χ3n) is 14.7. The van der Waals surface area contributed by atoms with Crippen molar-refractivity contribution in [3.8, 4) is 22.3 Å². The molecule has 0 radical (unpaired) electrons. The van der Waals surface area contributed by atoms with Crippen LogP contribution in [0.3, 0.4) is 0 Å². The molecule has 2 aromatic heterocycles. The van der Waals surface area contributed by atoms with Crippen LogP contribution in [0.25, 0.3) is 44.3 Å². The summed E-state index contributed by atoms with van der Waals surface area (Å²) in [6.45, 7) is 11.2. The molecule has 2 aliphatic heterocycles. The number of aryl methyl sites for hydroxylation is 2. The van der Waals surface area contributed by atoms with Crippen LogP contribution in [-0.4, -0.2) is 93.1 Å². The van der Waals surface area contributed by atoms with E-state index in [9.17, 15) is 19.2 Å². The number of fused-ring (bicyclic) bond motifs is 2. The molecule has 0 spiro atoms. The number of H-pyrrole nitrogens is 2. The second kappa shape index (κ2) is 20.1. The van der Waals surface area contributed by atoms with Gasteiger partial charge in [-0.2, -0.15) is 0 Å². The van der Waals surface area contributed by atoms with Crippen molar-refractivity contribution < 1.29 is 28.7 Å². The first-order chi connectivity index (χ1) is 33.3. The summed E-state index contributed by atoms with van der Waals surface area (Å²) in [5.41, 5.74) is 13.3. The molecule has 6 aromatic rings. The number of aromatic nitrogens is 4. The van der Waals surface area contributed by atoms with Gasteiger partial charge in [-0.25, -0.2) is 19.6 Å². The number of methoxy groups -OCH3 is 2. The molecular weight excluding hydrogens is 869 g/mol. The molecular formula is C55H66N8O6. The number of nitrogens with one attached hydrogen (secondary N) is 4. The van der Waals surface area contributed by atoms with Crippen molar-refractivity contribution in [1.29, 1.82) is 0 Å². The van der Waals surface area contributed by atoms with Gasteiger partial charge in [0.05, 0.1) is 48.4 Å². The van der Waals surface area contributed by atoms with Crippen molar-refractivity contribution in [2.24, 2.45) is 11.8 Å². The van der Waals surface area contributed by atoms with Crippen LogP contribution < -0.4 is 10.6 Å².